The highest BCUT2D eigenvalue weighted by Crippen LogP contribution is 2.16. The zero-order chi connectivity index (χ0) is 17.5. The van der Waals surface area contributed by atoms with Crippen LogP contribution in [0.2, 0.25) is 0 Å². The molecule has 3 aromatic rings. The van der Waals surface area contributed by atoms with Crippen LogP contribution in [0.25, 0.3) is 0 Å². The van der Waals surface area contributed by atoms with Crippen LogP contribution >= 0.6 is 0 Å². The van der Waals surface area contributed by atoms with Crippen molar-refractivity contribution < 1.29 is 9.53 Å². The molecule has 0 fully saturated rings. The van der Waals surface area contributed by atoms with E-state index in [0.29, 0.717) is 18.7 Å². The van der Waals surface area contributed by atoms with Gasteiger partial charge < -0.3 is 15.8 Å². The summed E-state index contributed by atoms with van der Waals surface area (Å²) in [5, 5.41) is 2.87. The fraction of sp³-hybridized carbons (Fsp3) is 0.0952. The first-order valence-electron chi connectivity index (χ1n) is 8.12. The lowest BCUT2D eigenvalue weighted by Gasteiger charge is -2.09. The highest BCUT2D eigenvalue weighted by Gasteiger charge is 2.07. The van der Waals surface area contributed by atoms with Gasteiger partial charge in [-0.1, -0.05) is 42.5 Å². The van der Waals surface area contributed by atoms with Crippen molar-refractivity contribution in [3.8, 4) is 5.75 Å². The minimum atomic E-state index is -0.163. The smallest absolute Gasteiger partial charge is 0.255 e. The monoisotopic (exact) mass is 332 g/mol. The van der Waals surface area contributed by atoms with E-state index >= 15 is 0 Å². The predicted molar refractivity (Wildman–Crippen MR) is 99.5 cm³/mol. The molecule has 4 nitrogen and oxygen atoms in total. The van der Waals surface area contributed by atoms with Crippen molar-refractivity contribution >= 4 is 11.6 Å². The average molecular weight is 332 g/mol. The van der Waals surface area contributed by atoms with Crippen molar-refractivity contribution in [3.05, 3.63) is 95.6 Å². The number of carbonyl (C=O) groups is 1. The van der Waals surface area contributed by atoms with E-state index in [0.717, 1.165) is 22.6 Å². The third kappa shape index (κ3) is 4.68. The van der Waals surface area contributed by atoms with Gasteiger partial charge in [0.25, 0.3) is 5.91 Å². The van der Waals surface area contributed by atoms with Crippen LogP contribution in [-0.4, -0.2) is 5.91 Å². The first kappa shape index (κ1) is 16.7. The Kier molecular flexibility index (Phi) is 5.44. The van der Waals surface area contributed by atoms with Crippen LogP contribution in [0.4, 0.5) is 5.69 Å². The molecule has 126 valence electrons. The summed E-state index contributed by atoms with van der Waals surface area (Å²) in [6.07, 6.45) is 0. The molecular formula is C21H20N2O2. The van der Waals surface area contributed by atoms with Crippen LogP contribution < -0.4 is 15.8 Å². The van der Waals surface area contributed by atoms with Gasteiger partial charge in [0.2, 0.25) is 0 Å². The molecule has 0 heterocycles. The lowest BCUT2D eigenvalue weighted by atomic mass is 10.1. The molecule has 0 bridgehead atoms. The Morgan fingerprint density at radius 3 is 2.32 bits per heavy atom. The number of amides is 1. The summed E-state index contributed by atoms with van der Waals surface area (Å²) in [5.41, 5.74) is 9.00. The van der Waals surface area contributed by atoms with Crippen LogP contribution in [-0.2, 0) is 13.2 Å². The standard InChI is InChI=1S/C21H20N2O2/c22-14-17-7-4-8-19(13-17)23-21(24)18-9-11-20(12-10-18)25-15-16-5-2-1-3-6-16/h1-13H,14-15,22H2,(H,23,24). The van der Waals surface area contributed by atoms with Crippen LogP contribution in [0, 0.1) is 0 Å². The second-order valence-corrected chi connectivity index (χ2v) is 5.66. The fourth-order valence-corrected chi connectivity index (χ4v) is 2.42. The number of benzene rings is 3. The van der Waals surface area contributed by atoms with Gasteiger partial charge in [0.05, 0.1) is 0 Å². The maximum atomic E-state index is 12.3. The predicted octanol–water partition coefficient (Wildman–Crippen LogP) is 3.98. The maximum Gasteiger partial charge on any atom is 0.255 e. The number of hydrogen-bond donors (Lipinski definition) is 2. The summed E-state index contributed by atoms with van der Waals surface area (Å²) in [5.74, 6) is 0.564. The Morgan fingerprint density at radius 2 is 1.60 bits per heavy atom. The Hall–Kier alpha value is -3.11. The summed E-state index contributed by atoms with van der Waals surface area (Å²) in [4.78, 5) is 12.3. The summed E-state index contributed by atoms with van der Waals surface area (Å²) < 4.78 is 5.73. The summed E-state index contributed by atoms with van der Waals surface area (Å²) in [6, 6.07) is 24.6. The molecule has 0 saturated heterocycles. The number of rotatable bonds is 6. The molecule has 0 saturated carbocycles. The topological polar surface area (TPSA) is 64.3 Å². The molecule has 3 aromatic carbocycles. The molecule has 1 amide bonds. The molecule has 3 rings (SSSR count). The van der Waals surface area contributed by atoms with Crippen LogP contribution in [0.3, 0.4) is 0 Å². The molecule has 0 aliphatic rings. The highest BCUT2D eigenvalue weighted by molar-refractivity contribution is 6.04. The Balaban J connectivity index is 1.60. The van der Waals surface area contributed by atoms with Gasteiger partial charge in [0.15, 0.2) is 0 Å². The SMILES string of the molecule is NCc1cccc(NC(=O)c2ccc(OCc3ccccc3)cc2)c1. The summed E-state index contributed by atoms with van der Waals surface area (Å²) >= 11 is 0. The number of anilines is 1. The minimum Gasteiger partial charge on any atom is -0.489 e. The second kappa shape index (κ2) is 8.13. The summed E-state index contributed by atoms with van der Waals surface area (Å²) in [7, 11) is 0. The van der Waals surface area contributed by atoms with E-state index in [9.17, 15) is 4.79 Å². The quantitative estimate of drug-likeness (QED) is 0.718. The molecule has 3 N–H and O–H groups in total. The maximum absolute atomic E-state index is 12.3. The summed E-state index contributed by atoms with van der Waals surface area (Å²) in [6.45, 7) is 0.940. The van der Waals surface area contributed by atoms with Crippen LogP contribution in [0.5, 0.6) is 5.75 Å². The molecule has 0 atom stereocenters. The zero-order valence-electron chi connectivity index (χ0n) is 13.8. The van der Waals surface area contributed by atoms with E-state index in [1.807, 2.05) is 54.6 Å². The van der Waals surface area contributed by atoms with Gasteiger partial charge in [-0.2, -0.15) is 0 Å². The van der Waals surface area contributed by atoms with Crippen molar-refractivity contribution in [3.63, 3.8) is 0 Å². The minimum absolute atomic E-state index is 0.163. The van der Waals surface area contributed by atoms with Gasteiger partial charge in [-0.05, 0) is 47.5 Å². The van der Waals surface area contributed by atoms with E-state index in [-0.39, 0.29) is 5.91 Å². The number of ether oxygens (including phenoxy) is 1. The number of hydrogen-bond acceptors (Lipinski definition) is 3. The molecular weight excluding hydrogens is 312 g/mol. The van der Waals surface area contributed by atoms with Gasteiger partial charge >= 0.3 is 0 Å². The van der Waals surface area contributed by atoms with Crippen LogP contribution in [0.1, 0.15) is 21.5 Å². The van der Waals surface area contributed by atoms with Gasteiger partial charge in [-0.15, -0.1) is 0 Å². The first-order chi connectivity index (χ1) is 12.2. The Morgan fingerprint density at radius 1 is 0.880 bits per heavy atom. The van der Waals surface area contributed by atoms with E-state index in [1.54, 1.807) is 24.3 Å². The van der Waals surface area contributed by atoms with Crippen molar-refractivity contribution in [2.24, 2.45) is 5.73 Å². The molecule has 0 aromatic heterocycles. The van der Waals surface area contributed by atoms with E-state index in [1.165, 1.54) is 0 Å². The highest BCUT2D eigenvalue weighted by atomic mass is 16.5. The number of nitrogens with one attached hydrogen (secondary N) is 1. The van der Waals surface area contributed by atoms with E-state index < -0.39 is 0 Å². The normalized spacial score (nSPS) is 10.3. The molecule has 0 spiro atoms. The lowest BCUT2D eigenvalue weighted by molar-refractivity contribution is 0.102. The van der Waals surface area contributed by atoms with Gasteiger partial charge in [0.1, 0.15) is 12.4 Å². The lowest BCUT2D eigenvalue weighted by Crippen LogP contribution is -2.12. The largest absolute Gasteiger partial charge is 0.489 e. The first-order valence-corrected chi connectivity index (χ1v) is 8.12. The van der Waals surface area contributed by atoms with Gasteiger partial charge in [-0.3, -0.25) is 4.79 Å². The van der Waals surface area contributed by atoms with E-state index in [4.69, 9.17) is 10.5 Å². The van der Waals surface area contributed by atoms with Crippen LogP contribution in [0.15, 0.2) is 78.9 Å². The Bertz CT molecular complexity index is 830. The molecule has 0 aliphatic carbocycles. The third-order valence-electron chi connectivity index (χ3n) is 3.79. The molecule has 4 heteroatoms. The third-order valence-corrected chi connectivity index (χ3v) is 3.79. The zero-order valence-corrected chi connectivity index (χ0v) is 13.8. The Labute approximate surface area is 147 Å². The molecule has 25 heavy (non-hydrogen) atoms. The second-order valence-electron chi connectivity index (χ2n) is 5.66. The van der Waals surface area contributed by atoms with Crippen molar-refractivity contribution in [1.82, 2.24) is 0 Å². The van der Waals surface area contributed by atoms with Gasteiger partial charge in [0, 0.05) is 17.8 Å². The molecule has 0 unspecified atom stereocenters. The average Bonchev–Trinajstić information content (AvgIpc) is 2.67. The van der Waals surface area contributed by atoms with Crippen molar-refractivity contribution in [1.29, 1.82) is 0 Å². The van der Waals surface area contributed by atoms with Gasteiger partial charge in [-0.25, -0.2) is 0 Å². The number of nitrogens with two attached hydrogens (primary N) is 1. The van der Waals surface area contributed by atoms with Crippen molar-refractivity contribution in [2.75, 3.05) is 5.32 Å². The molecule has 0 radical (unpaired) electrons. The number of carbonyl (C=O) groups excluding carboxylic acids is 1. The van der Waals surface area contributed by atoms with E-state index in [2.05, 4.69) is 5.32 Å². The molecule has 0 aliphatic heterocycles. The van der Waals surface area contributed by atoms with Crippen molar-refractivity contribution in [2.45, 2.75) is 13.2 Å². The fourth-order valence-electron chi connectivity index (χ4n) is 2.42.